The van der Waals surface area contributed by atoms with Gasteiger partial charge in [-0.15, -0.1) is 0 Å². The van der Waals surface area contributed by atoms with Gasteiger partial charge in [-0.3, -0.25) is 0 Å². The van der Waals surface area contributed by atoms with Gasteiger partial charge in [-0.2, -0.15) is 0 Å². The summed E-state index contributed by atoms with van der Waals surface area (Å²) in [5.41, 5.74) is 3.85. The van der Waals surface area contributed by atoms with Crippen molar-refractivity contribution in [3.63, 3.8) is 0 Å². The van der Waals surface area contributed by atoms with E-state index in [-0.39, 0.29) is 5.92 Å². The van der Waals surface area contributed by atoms with Crippen LogP contribution in [-0.2, 0) is 0 Å². The Hall–Kier alpha value is -2.29. The van der Waals surface area contributed by atoms with Crippen molar-refractivity contribution in [2.75, 3.05) is 0 Å². The van der Waals surface area contributed by atoms with Crippen molar-refractivity contribution in [1.82, 2.24) is 9.97 Å². The van der Waals surface area contributed by atoms with Crippen molar-refractivity contribution in [3.8, 4) is 0 Å². The molecule has 0 saturated heterocycles. The lowest BCUT2D eigenvalue weighted by atomic mass is 9.97. The summed E-state index contributed by atoms with van der Waals surface area (Å²) >= 11 is 0. The Bertz CT molecular complexity index is 710. The Balaban J connectivity index is 2.02. The Labute approximate surface area is 98.2 Å². The van der Waals surface area contributed by atoms with E-state index in [1.54, 1.807) is 0 Å². The van der Waals surface area contributed by atoms with E-state index in [1.165, 1.54) is 0 Å². The molecule has 0 fully saturated rings. The lowest BCUT2D eigenvalue weighted by Gasteiger charge is -2.08. The number of hydrogen-bond acceptors (Lipinski definition) is 3. The third kappa shape index (κ3) is 1.19. The molecule has 3 heteroatoms. The first-order chi connectivity index (χ1) is 8.42. The Kier molecular flexibility index (Phi) is 1.61. The van der Waals surface area contributed by atoms with Crippen molar-refractivity contribution >= 4 is 22.6 Å². The minimum atomic E-state index is 0.187. The van der Waals surface area contributed by atoms with Gasteiger partial charge in [0.15, 0.2) is 5.82 Å². The predicted molar refractivity (Wildman–Crippen MR) is 67.7 cm³/mol. The molecule has 0 radical (unpaired) electrons. The van der Waals surface area contributed by atoms with Gasteiger partial charge in [-0.05, 0) is 18.2 Å². The maximum Gasteiger partial charge on any atom is 0.175 e. The quantitative estimate of drug-likeness (QED) is 0.683. The first-order valence-corrected chi connectivity index (χ1v) is 5.62. The molecule has 80 valence electrons. The van der Waals surface area contributed by atoms with Crippen LogP contribution in [0.5, 0.6) is 0 Å². The van der Waals surface area contributed by atoms with Crippen LogP contribution in [0.4, 0.5) is 5.82 Å². The van der Waals surface area contributed by atoms with E-state index in [0.717, 1.165) is 28.3 Å². The highest BCUT2D eigenvalue weighted by molar-refractivity contribution is 6.07. The molecule has 2 heterocycles. The molecule has 0 saturated carbocycles. The van der Waals surface area contributed by atoms with Gasteiger partial charge >= 0.3 is 0 Å². The van der Waals surface area contributed by atoms with Crippen LogP contribution in [0.1, 0.15) is 11.6 Å². The van der Waals surface area contributed by atoms with Gasteiger partial charge in [0.2, 0.25) is 0 Å². The second kappa shape index (κ2) is 3.10. The van der Waals surface area contributed by atoms with Crippen LogP contribution in [0.25, 0.3) is 11.0 Å². The standard InChI is InChI=1S/C14H9N3/c1-2-6-10-9(5-1)13-14(16-10)17-12-8-4-3-7-11(12)15-13/h1-9H. The topological polar surface area (TPSA) is 38.1 Å². The molecule has 0 amide bonds. The highest BCUT2D eigenvalue weighted by atomic mass is 15.0. The number of benzene rings is 1. The third-order valence-corrected chi connectivity index (χ3v) is 3.11. The average Bonchev–Trinajstić information content (AvgIpc) is 2.73. The van der Waals surface area contributed by atoms with Crippen LogP contribution >= 0.6 is 0 Å². The van der Waals surface area contributed by atoms with Gasteiger partial charge in [0.05, 0.1) is 28.4 Å². The maximum atomic E-state index is 4.68. The number of aliphatic imine (C=N–C) groups is 1. The van der Waals surface area contributed by atoms with E-state index in [1.807, 2.05) is 42.5 Å². The monoisotopic (exact) mass is 219 g/mol. The summed E-state index contributed by atoms with van der Waals surface area (Å²) in [6.45, 7) is 0. The minimum absolute atomic E-state index is 0.187. The molecule has 0 bridgehead atoms. The fourth-order valence-corrected chi connectivity index (χ4v) is 2.29. The van der Waals surface area contributed by atoms with Crippen LogP contribution < -0.4 is 0 Å². The molecular formula is C14H9N3. The number of aromatic nitrogens is 2. The fraction of sp³-hybridized carbons (Fsp3) is 0.0714. The Morgan fingerprint density at radius 1 is 0.941 bits per heavy atom. The van der Waals surface area contributed by atoms with Gasteiger partial charge in [0, 0.05) is 0 Å². The molecule has 1 aliphatic heterocycles. The number of hydrogen-bond donors (Lipinski definition) is 0. The first-order valence-electron chi connectivity index (χ1n) is 5.62. The first kappa shape index (κ1) is 8.82. The van der Waals surface area contributed by atoms with E-state index in [4.69, 9.17) is 0 Å². The molecule has 3 nitrogen and oxygen atoms in total. The SMILES string of the molecule is C1=CC2=Nc3nc4ccccc4nc3C2C=C1. The molecule has 1 aromatic heterocycles. The second-order valence-corrected chi connectivity index (χ2v) is 4.18. The molecule has 2 aromatic rings. The van der Waals surface area contributed by atoms with Crippen LogP contribution in [0.15, 0.2) is 53.6 Å². The zero-order valence-electron chi connectivity index (χ0n) is 9.04. The largest absolute Gasteiger partial charge is 0.246 e. The summed E-state index contributed by atoms with van der Waals surface area (Å²) in [6, 6.07) is 7.91. The molecule has 1 aromatic carbocycles. The fourth-order valence-electron chi connectivity index (χ4n) is 2.29. The van der Waals surface area contributed by atoms with Crippen molar-refractivity contribution < 1.29 is 0 Å². The molecule has 1 aliphatic carbocycles. The van der Waals surface area contributed by atoms with E-state index in [2.05, 4.69) is 21.0 Å². The minimum Gasteiger partial charge on any atom is -0.246 e. The van der Waals surface area contributed by atoms with Gasteiger partial charge < -0.3 is 0 Å². The average molecular weight is 219 g/mol. The maximum absolute atomic E-state index is 4.68. The summed E-state index contributed by atoms with van der Waals surface area (Å²) in [5, 5.41) is 0. The van der Waals surface area contributed by atoms with Gasteiger partial charge in [-0.25, -0.2) is 15.0 Å². The van der Waals surface area contributed by atoms with Crippen molar-refractivity contribution in [2.24, 2.45) is 4.99 Å². The number of nitrogens with zero attached hydrogens (tertiary/aromatic N) is 3. The summed E-state index contributed by atoms with van der Waals surface area (Å²) < 4.78 is 0. The van der Waals surface area contributed by atoms with E-state index in [9.17, 15) is 0 Å². The summed E-state index contributed by atoms with van der Waals surface area (Å²) in [6.07, 6.45) is 8.18. The summed E-state index contributed by atoms with van der Waals surface area (Å²) in [4.78, 5) is 13.8. The van der Waals surface area contributed by atoms with Crippen molar-refractivity contribution in [3.05, 3.63) is 54.3 Å². The molecule has 4 rings (SSSR count). The molecule has 1 atom stereocenters. The third-order valence-electron chi connectivity index (χ3n) is 3.11. The normalized spacial score (nSPS) is 20.2. The summed E-state index contributed by atoms with van der Waals surface area (Å²) in [7, 11) is 0. The molecule has 0 spiro atoms. The van der Waals surface area contributed by atoms with Crippen LogP contribution in [-0.4, -0.2) is 15.7 Å². The number of rotatable bonds is 0. The van der Waals surface area contributed by atoms with Gasteiger partial charge in [0.25, 0.3) is 0 Å². The molecule has 0 N–H and O–H groups in total. The van der Waals surface area contributed by atoms with Crippen LogP contribution in [0, 0.1) is 0 Å². The Morgan fingerprint density at radius 2 is 1.76 bits per heavy atom. The number of allylic oxidation sites excluding steroid dienone is 4. The zero-order chi connectivity index (χ0) is 11.2. The number of para-hydroxylation sites is 2. The van der Waals surface area contributed by atoms with E-state index < -0.39 is 0 Å². The molecule has 2 aliphatic rings. The van der Waals surface area contributed by atoms with Gasteiger partial charge in [-0.1, -0.05) is 30.4 Å². The molecular weight excluding hydrogens is 210 g/mol. The molecule has 1 unspecified atom stereocenters. The zero-order valence-corrected chi connectivity index (χ0v) is 9.04. The van der Waals surface area contributed by atoms with Crippen molar-refractivity contribution in [2.45, 2.75) is 5.92 Å². The lowest BCUT2D eigenvalue weighted by molar-refractivity contribution is 1.07. The predicted octanol–water partition coefficient (Wildman–Crippen LogP) is 2.93. The van der Waals surface area contributed by atoms with Crippen LogP contribution in [0.2, 0.25) is 0 Å². The van der Waals surface area contributed by atoms with Crippen molar-refractivity contribution in [1.29, 1.82) is 0 Å². The Morgan fingerprint density at radius 3 is 2.65 bits per heavy atom. The smallest absolute Gasteiger partial charge is 0.175 e. The van der Waals surface area contributed by atoms with E-state index in [0.29, 0.717) is 0 Å². The van der Waals surface area contributed by atoms with Gasteiger partial charge in [0.1, 0.15) is 0 Å². The number of fused-ring (bicyclic) bond motifs is 4. The highest BCUT2D eigenvalue weighted by Crippen LogP contribution is 2.36. The summed E-state index contributed by atoms with van der Waals surface area (Å²) in [5.74, 6) is 0.951. The second-order valence-electron chi connectivity index (χ2n) is 4.18. The molecule has 17 heavy (non-hydrogen) atoms. The van der Waals surface area contributed by atoms with Crippen LogP contribution in [0.3, 0.4) is 0 Å². The lowest BCUT2D eigenvalue weighted by Crippen LogP contribution is -2.06. The van der Waals surface area contributed by atoms with E-state index >= 15 is 0 Å². The highest BCUT2D eigenvalue weighted by Gasteiger charge is 2.27.